The molecular formula is C10H12BrNO. The molecule has 2 nitrogen and oxygen atoms in total. The van der Waals surface area contributed by atoms with Gasteiger partial charge in [-0.3, -0.25) is 4.98 Å². The van der Waals surface area contributed by atoms with Crippen LogP contribution in [0.25, 0.3) is 0 Å². The lowest BCUT2D eigenvalue weighted by atomic mass is 10.1. The second-order valence-electron chi connectivity index (χ2n) is 3.08. The summed E-state index contributed by atoms with van der Waals surface area (Å²) in [6.45, 7) is 5.63. The van der Waals surface area contributed by atoms with Crippen LogP contribution in [0.2, 0.25) is 0 Å². The van der Waals surface area contributed by atoms with Crippen LogP contribution < -0.4 is 0 Å². The zero-order valence-corrected chi connectivity index (χ0v) is 9.08. The van der Waals surface area contributed by atoms with Crippen molar-refractivity contribution in [1.82, 2.24) is 4.98 Å². The lowest BCUT2D eigenvalue weighted by Gasteiger charge is -2.09. The molecule has 0 aliphatic heterocycles. The van der Waals surface area contributed by atoms with Gasteiger partial charge in [-0.1, -0.05) is 5.57 Å². The first-order valence-electron chi connectivity index (χ1n) is 4.03. The molecule has 0 aliphatic carbocycles. The summed E-state index contributed by atoms with van der Waals surface area (Å²) in [5.41, 5.74) is 1.64. The van der Waals surface area contributed by atoms with Crippen molar-refractivity contribution in [1.29, 1.82) is 0 Å². The molecule has 0 aliphatic rings. The quantitative estimate of drug-likeness (QED) is 0.826. The summed E-state index contributed by atoms with van der Waals surface area (Å²) in [6.07, 6.45) is 1.71. The summed E-state index contributed by atoms with van der Waals surface area (Å²) in [5.74, 6) is 0. The van der Waals surface area contributed by atoms with Crippen molar-refractivity contribution in [2.24, 2.45) is 0 Å². The molecule has 70 valence electrons. The molecule has 13 heavy (non-hydrogen) atoms. The minimum Gasteiger partial charge on any atom is -0.386 e. The van der Waals surface area contributed by atoms with E-state index in [1.165, 1.54) is 0 Å². The Balaban J connectivity index is 2.71. The molecule has 0 radical (unpaired) electrons. The van der Waals surface area contributed by atoms with Crippen LogP contribution in [0.5, 0.6) is 0 Å². The summed E-state index contributed by atoms with van der Waals surface area (Å²) in [4.78, 5) is 4.09. The average Bonchev–Trinajstić information content (AvgIpc) is 2.04. The van der Waals surface area contributed by atoms with Crippen LogP contribution in [0.4, 0.5) is 0 Å². The molecule has 1 heterocycles. The van der Waals surface area contributed by atoms with Gasteiger partial charge in [0.25, 0.3) is 0 Å². The van der Waals surface area contributed by atoms with Crippen LogP contribution in [0.1, 0.15) is 25.1 Å². The first-order valence-corrected chi connectivity index (χ1v) is 4.83. The number of rotatable bonds is 3. The highest BCUT2D eigenvalue weighted by Gasteiger charge is 2.08. The van der Waals surface area contributed by atoms with E-state index in [1.807, 2.05) is 13.0 Å². The molecule has 1 N–H and O–H groups in total. The molecule has 0 amide bonds. The standard InChI is InChI=1S/C10H12BrNO/c1-7(2)5-10(13)9-4-3-8(11)6-12-9/h3-4,6,10,13H,1,5H2,2H3. The Hall–Kier alpha value is -0.670. The van der Waals surface area contributed by atoms with Crippen molar-refractivity contribution in [3.05, 3.63) is 40.6 Å². The fourth-order valence-corrected chi connectivity index (χ4v) is 1.25. The highest BCUT2D eigenvalue weighted by atomic mass is 79.9. The van der Waals surface area contributed by atoms with Gasteiger partial charge < -0.3 is 5.11 Å². The number of pyridine rings is 1. The third kappa shape index (κ3) is 3.28. The summed E-state index contributed by atoms with van der Waals surface area (Å²) >= 11 is 3.28. The van der Waals surface area contributed by atoms with Crippen molar-refractivity contribution in [2.75, 3.05) is 0 Å². The molecule has 0 aromatic carbocycles. The number of halogens is 1. The maximum Gasteiger partial charge on any atom is 0.0996 e. The summed E-state index contributed by atoms with van der Waals surface area (Å²) < 4.78 is 0.916. The fraction of sp³-hybridized carbons (Fsp3) is 0.300. The van der Waals surface area contributed by atoms with Crippen LogP contribution in [0, 0.1) is 0 Å². The minimum atomic E-state index is -0.536. The monoisotopic (exact) mass is 241 g/mol. The van der Waals surface area contributed by atoms with Crippen LogP contribution in [0.15, 0.2) is 35.0 Å². The Kier molecular flexibility index (Phi) is 3.63. The molecule has 1 atom stereocenters. The second kappa shape index (κ2) is 4.53. The third-order valence-electron chi connectivity index (χ3n) is 1.63. The molecule has 1 rings (SSSR count). The van der Waals surface area contributed by atoms with E-state index in [0.29, 0.717) is 12.1 Å². The summed E-state index contributed by atoms with van der Waals surface area (Å²) in [6, 6.07) is 3.67. The number of hydrogen-bond acceptors (Lipinski definition) is 2. The number of nitrogens with zero attached hydrogens (tertiary/aromatic N) is 1. The molecule has 0 fully saturated rings. The van der Waals surface area contributed by atoms with Gasteiger partial charge in [-0.05, 0) is 41.4 Å². The molecule has 0 bridgehead atoms. The lowest BCUT2D eigenvalue weighted by Crippen LogP contribution is -2.00. The van der Waals surface area contributed by atoms with E-state index in [0.717, 1.165) is 10.0 Å². The summed E-state index contributed by atoms with van der Waals surface area (Å²) in [7, 11) is 0. The van der Waals surface area contributed by atoms with Crippen molar-refractivity contribution in [2.45, 2.75) is 19.4 Å². The van der Waals surface area contributed by atoms with Crippen LogP contribution >= 0.6 is 15.9 Å². The van der Waals surface area contributed by atoms with Crippen molar-refractivity contribution < 1.29 is 5.11 Å². The molecule has 3 heteroatoms. The van der Waals surface area contributed by atoms with Crippen molar-refractivity contribution >= 4 is 15.9 Å². The predicted molar refractivity (Wildman–Crippen MR) is 56.3 cm³/mol. The third-order valence-corrected chi connectivity index (χ3v) is 2.10. The van der Waals surface area contributed by atoms with Crippen molar-refractivity contribution in [3.63, 3.8) is 0 Å². The smallest absolute Gasteiger partial charge is 0.0996 e. The van der Waals surface area contributed by atoms with Crippen LogP contribution in [0.3, 0.4) is 0 Å². The van der Waals surface area contributed by atoms with E-state index in [4.69, 9.17) is 0 Å². The highest BCUT2D eigenvalue weighted by Crippen LogP contribution is 2.19. The van der Waals surface area contributed by atoms with Gasteiger partial charge in [-0.25, -0.2) is 0 Å². The van der Waals surface area contributed by atoms with E-state index >= 15 is 0 Å². The van der Waals surface area contributed by atoms with Gasteiger partial charge in [-0.15, -0.1) is 6.58 Å². The van der Waals surface area contributed by atoms with E-state index in [1.54, 1.807) is 12.3 Å². The average molecular weight is 242 g/mol. The Morgan fingerprint density at radius 1 is 1.69 bits per heavy atom. The number of aliphatic hydroxyl groups is 1. The van der Waals surface area contributed by atoms with Gasteiger partial charge >= 0.3 is 0 Å². The van der Waals surface area contributed by atoms with Gasteiger partial charge in [0.05, 0.1) is 11.8 Å². The molecule has 1 aromatic rings. The van der Waals surface area contributed by atoms with Gasteiger partial charge in [0, 0.05) is 10.7 Å². The number of aliphatic hydroxyl groups excluding tert-OH is 1. The molecule has 0 spiro atoms. The van der Waals surface area contributed by atoms with Crippen LogP contribution in [-0.2, 0) is 0 Å². The maximum absolute atomic E-state index is 9.64. The zero-order valence-electron chi connectivity index (χ0n) is 7.50. The molecule has 1 unspecified atom stereocenters. The summed E-state index contributed by atoms with van der Waals surface area (Å²) in [5, 5.41) is 9.64. The largest absolute Gasteiger partial charge is 0.386 e. The lowest BCUT2D eigenvalue weighted by molar-refractivity contribution is 0.173. The Morgan fingerprint density at radius 2 is 2.38 bits per heavy atom. The SMILES string of the molecule is C=C(C)CC(O)c1ccc(Br)cn1. The van der Waals surface area contributed by atoms with Gasteiger partial charge in [0.1, 0.15) is 0 Å². The van der Waals surface area contributed by atoms with Crippen molar-refractivity contribution in [3.8, 4) is 0 Å². The molecule has 0 saturated heterocycles. The van der Waals surface area contributed by atoms with E-state index in [2.05, 4.69) is 27.5 Å². The zero-order chi connectivity index (χ0) is 9.84. The van der Waals surface area contributed by atoms with Gasteiger partial charge in [0.2, 0.25) is 0 Å². The number of hydrogen-bond donors (Lipinski definition) is 1. The van der Waals surface area contributed by atoms with E-state index in [9.17, 15) is 5.11 Å². The molecule has 0 saturated carbocycles. The first-order chi connectivity index (χ1) is 6.09. The predicted octanol–water partition coefficient (Wildman–Crippen LogP) is 2.84. The topological polar surface area (TPSA) is 33.1 Å². The number of aromatic nitrogens is 1. The van der Waals surface area contributed by atoms with Crippen LogP contribution in [-0.4, -0.2) is 10.1 Å². The Bertz CT molecular complexity index is 294. The minimum absolute atomic E-state index is 0.536. The molecular weight excluding hydrogens is 230 g/mol. The molecule has 1 aromatic heterocycles. The fourth-order valence-electron chi connectivity index (χ4n) is 1.02. The maximum atomic E-state index is 9.64. The Morgan fingerprint density at radius 3 is 2.85 bits per heavy atom. The second-order valence-corrected chi connectivity index (χ2v) is 3.99. The van der Waals surface area contributed by atoms with Gasteiger partial charge in [-0.2, -0.15) is 0 Å². The van der Waals surface area contributed by atoms with E-state index in [-0.39, 0.29) is 0 Å². The normalized spacial score (nSPS) is 12.5. The van der Waals surface area contributed by atoms with Gasteiger partial charge in [0.15, 0.2) is 0 Å². The Labute approximate surface area is 86.4 Å². The van der Waals surface area contributed by atoms with E-state index < -0.39 is 6.10 Å². The highest BCUT2D eigenvalue weighted by molar-refractivity contribution is 9.10. The first kappa shape index (κ1) is 10.4.